The van der Waals surface area contributed by atoms with Gasteiger partial charge in [0.1, 0.15) is 5.82 Å². The van der Waals surface area contributed by atoms with Crippen LogP contribution in [0.4, 0.5) is 15.8 Å². The molecule has 0 aliphatic heterocycles. The topological polar surface area (TPSA) is 101 Å². The molecule has 108 valence electrons. The Kier molecular flexibility index (Phi) is 5.07. The van der Waals surface area contributed by atoms with E-state index in [0.717, 1.165) is 18.4 Å². The fourth-order valence-corrected chi connectivity index (χ4v) is 1.89. The molecular weight excluding hydrogens is 285 g/mol. The molecule has 8 heteroatoms. The molecule has 0 aromatic heterocycles. The van der Waals surface area contributed by atoms with E-state index in [9.17, 15) is 17.6 Å². The van der Waals surface area contributed by atoms with Gasteiger partial charge in [-0.05, 0) is 18.2 Å². The molecule has 1 aromatic rings. The highest BCUT2D eigenvalue weighted by Crippen LogP contribution is 2.20. The van der Waals surface area contributed by atoms with Crippen LogP contribution in [0, 0.1) is 18.2 Å². The number of nitrogens with one attached hydrogen (secondary N) is 2. The lowest BCUT2D eigenvalue weighted by atomic mass is 10.2. The van der Waals surface area contributed by atoms with Gasteiger partial charge in [0, 0.05) is 12.1 Å². The monoisotopic (exact) mass is 299 g/mol. The van der Waals surface area contributed by atoms with E-state index in [2.05, 4.69) is 11.2 Å². The minimum atomic E-state index is -3.62. The second-order valence-electron chi connectivity index (χ2n) is 4.07. The Morgan fingerprint density at radius 1 is 1.55 bits per heavy atom. The molecule has 0 fully saturated rings. The van der Waals surface area contributed by atoms with E-state index in [-0.39, 0.29) is 17.8 Å². The standard InChI is InChI=1S/C12H14FN3O3S/c1-3-4-10(14)12(17)15-8-5-6-9(13)11(7-8)16-20(2,18)19/h1,5-7,10,16H,4,14H2,2H3,(H,15,17). The van der Waals surface area contributed by atoms with E-state index in [1.165, 1.54) is 6.07 Å². The third-order valence-electron chi connectivity index (χ3n) is 2.20. The molecule has 20 heavy (non-hydrogen) atoms. The number of carbonyl (C=O) groups excluding carboxylic acids is 1. The lowest BCUT2D eigenvalue weighted by Crippen LogP contribution is -2.35. The van der Waals surface area contributed by atoms with Gasteiger partial charge in [0.05, 0.1) is 18.0 Å². The third-order valence-corrected chi connectivity index (χ3v) is 2.79. The Morgan fingerprint density at radius 2 is 2.20 bits per heavy atom. The van der Waals surface area contributed by atoms with Gasteiger partial charge in [-0.2, -0.15) is 0 Å². The maximum absolute atomic E-state index is 13.4. The molecule has 6 nitrogen and oxygen atoms in total. The fourth-order valence-electron chi connectivity index (χ4n) is 1.34. The Morgan fingerprint density at radius 3 is 2.75 bits per heavy atom. The van der Waals surface area contributed by atoms with Crippen molar-refractivity contribution in [2.45, 2.75) is 12.5 Å². The van der Waals surface area contributed by atoms with Gasteiger partial charge in [-0.25, -0.2) is 12.8 Å². The highest BCUT2D eigenvalue weighted by Gasteiger charge is 2.14. The molecule has 0 radical (unpaired) electrons. The van der Waals surface area contributed by atoms with Crippen molar-refractivity contribution in [2.75, 3.05) is 16.3 Å². The molecule has 0 bridgehead atoms. The van der Waals surface area contributed by atoms with Gasteiger partial charge in [-0.3, -0.25) is 9.52 Å². The Bertz CT molecular complexity index is 652. The predicted molar refractivity (Wildman–Crippen MR) is 74.9 cm³/mol. The van der Waals surface area contributed by atoms with Crippen molar-refractivity contribution in [3.8, 4) is 12.3 Å². The molecule has 4 N–H and O–H groups in total. The summed E-state index contributed by atoms with van der Waals surface area (Å²) in [5, 5.41) is 2.42. The molecule has 1 amide bonds. The molecule has 1 atom stereocenters. The molecule has 0 spiro atoms. The second kappa shape index (κ2) is 6.36. The van der Waals surface area contributed by atoms with Crippen LogP contribution in [0.5, 0.6) is 0 Å². The summed E-state index contributed by atoms with van der Waals surface area (Å²) in [5.41, 5.74) is 5.44. The number of rotatable bonds is 5. The zero-order valence-electron chi connectivity index (χ0n) is 10.7. The van der Waals surface area contributed by atoms with Crippen LogP contribution in [0.2, 0.25) is 0 Å². The molecule has 0 saturated heterocycles. The van der Waals surface area contributed by atoms with E-state index in [1.807, 2.05) is 4.72 Å². The summed E-state index contributed by atoms with van der Waals surface area (Å²) in [4.78, 5) is 11.6. The zero-order chi connectivity index (χ0) is 15.3. The normalized spacial score (nSPS) is 12.3. The number of nitrogens with two attached hydrogens (primary N) is 1. The first-order chi connectivity index (χ1) is 9.23. The SMILES string of the molecule is C#CCC(N)C(=O)Nc1ccc(F)c(NS(C)(=O)=O)c1. The molecule has 1 unspecified atom stereocenters. The van der Waals surface area contributed by atoms with Gasteiger partial charge in [-0.1, -0.05) is 0 Å². The van der Waals surface area contributed by atoms with Crippen molar-refractivity contribution >= 4 is 27.3 Å². The minimum Gasteiger partial charge on any atom is -0.325 e. The number of terminal acetylenes is 1. The average Bonchev–Trinajstić information content (AvgIpc) is 2.32. The van der Waals surface area contributed by atoms with Crippen molar-refractivity contribution in [3.05, 3.63) is 24.0 Å². The fraction of sp³-hybridized carbons (Fsp3) is 0.250. The lowest BCUT2D eigenvalue weighted by molar-refractivity contribution is -0.117. The molecule has 0 aliphatic carbocycles. The largest absolute Gasteiger partial charge is 0.325 e. The molecule has 0 saturated carbocycles. The van der Waals surface area contributed by atoms with Crippen LogP contribution in [-0.4, -0.2) is 26.6 Å². The minimum absolute atomic E-state index is 0.0570. The van der Waals surface area contributed by atoms with Crippen molar-refractivity contribution in [2.24, 2.45) is 5.73 Å². The summed E-state index contributed by atoms with van der Waals surface area (Å²) in [5.74, 6) is 0.944. The summed E-state index contributed by atoms with van der Waals surface area (Å²) in [6, 6.07) is 2.56. The Labute approximate surface area is 116 Å². The summed E-state index contributed by atoms with van der Waals surface area (Å²) in [6.45, 7) is 0. The van der Waals surface area contributed by atoms with E-state index in [1.54, 1.807) is 0 Å². The van der Waals surface area contributed by atoms with Crippen LogP contribution in [-0.2, 0) is 14.8 Å². The first-order valence-corrected chi connectivity index (χ1v) is 7.39. The molecular formula is C12H14FN3O3S. The molecule has 1 rings (SSSR count). The number of anilines is 2. The van der Waals surface area contributed by atoms with E-state index in [4.69, 9.17) is 12.2 Å². The summed E-state index contributed by atoms with van der Waals surface area (Å²) < 4.78 is 37.6. The smallest absolute Gasteiger partial charge is 0.242 e. The number of carbonyl (C=O) groups is 1. The Hall–Kier alpha value is -2.11. The summed E-state index contributed by atoms with van der Waals surface area (Å²) in [6.07, 6.45) is 5.98. The highest BCUT2D eigenvalue weighted by atomic mass is 32.2. The summed E-state index contributed by atoms with van der Waals surface area (Å²) >= 11 is 0. The maximum atomic E-state index is 13.4. The Balaban J connectivity index is 2.91. The summed E-state index contributed by atoms with van der Waals surface area (Å²) in [7, 11) is -3.62. The van der Waals surface area contributed by atoms with Crippen molar-refractivity contribution < 1.29 is 17.6 Å². The van der Waals surface area contributed by atoms with Gasteiger partial charge in [-0.15, -0.1) is 12.3 Å². The first-order valence-electron chi connectivity index (χ1n) is 5.50. The first kappa shape index (κ1) is 15.9. The van der Waals surface area contributed by atoms with Gasteiger partial charge in [0.2, 0.25) is 15.9 Å². The third kappa shape index (κ3) is 4.87. The van der Waals surface area contributed by atoms with E-state index < -0.39 is 27.8 Å². The number of sulfonamides is 1. The van der Waals surface area contributed by atoms with Crippen LogP contribution in [0.15, 0.2) is 18.2 Å². The lowest BCUT2D eigenvalue weighted by Gasteiger charge is -2.12. The van der Waals surface area contributed by atoms with Crippen LogP contribution in [0.3, 0.4) is 0 Å². The van der Waals surface area contributed by atoms with Crippen molar-refractivity contribution in [1.82, 2.24) is 0 Å². The number of hydrogen-bond acceptors (Lipinski definition) is 4. The van der Waals surface area contributed by atoms with Gasteiger partial charge >= 0.3 is 0 Å². The molecule has 0 aliphatic rings. The van der Waals surface area contributed by atoms with Crippen LogP contribution in [0.1, 0.15) is 6.42 Å². The molecule has 0 heterocycles. The average molecular weight is 299 g/mol. The zero-order valence-corrected chi connectivity index (χ0v) is 11.5. The number of amides is 1. The van der Waals surface area contributed by atoms with Crippen molar-refractivity contribution in [3.63, 3.8) is 0 Å². The van der Waals surface area contributed by atoms with Crippen LogP contribution >= 0.6 is 0 Å². The predicted octanol–water partition coefficient (Wildman–Crippen LogP) is 0.486. The van der Waals surface area contributed by atoms with Gasteiger partial charge in [0.25, 0.3) is 0 Å². The number of halogens is 1. The quantitative estimate of drug-likeness (QED) is 0.688. The van der Waals surface area contributed by atoms with E-state index in [0.29, 0.717) is 0 Å². The van der Waals surface area contributed by atoms with Crippen LogP contribution < -0.4 is 15.8 Å². The second-order valence-corrected chi connectivity index (χ2v) is 5.82. The van der Waals surface area contributed by atoms with Crippen molar-refractivity contribution in [1.29, 1.82) is 0 Å². The van der Waals surface area contributed by atoms with Crippen LogP contribution in [0.25, 0.3) is 0 Å². The number of hydrogen-bond donors (Lipinski definition) is 3. The van der Waals surface area contributed by atoms with Gasteiger partial charge < -0.3 is 11.1 Å². The van der Waals surface area contributed by atoms with E-state index >= 15 is 0 Å². The molecule has 1 aromatic carbocycles. The van der Waals surface area contributed by atoms with Gasteiger partial charge in [0.15, 0.2) is 0 Å². The number of benzene rings is 1. The highest BCUT2D eigenvalue weighted by molar-refractivity contribution is 7.92. The maximum Gasteiger partial charge on any atom is 0.242 e.